The molecule has 8 heteroatoms. The van der Waals surface area contributed by atoms with Crippen molar-refractivity contribution in [3.63, 3.8) is 0 Å². The number of rotatable bonds is 5. The Morgan fingerprint density at radius 2 is 1.80 bits per heavy atom. The molecule has 0 spiro atoms. The van der Waals surface area contributed by atoms with Crippen LogP contribution < -0.4 is 10.1 Å². The average Bonchev–Trinajstić information content (AvgIpc) is 2.54. The zero-order chi connectivity index (χ0) is 18.4. The summed E-state index contributed by atoms with van der Waals surface area (Å²) in [4.78, 5) is 23.7. The largest absolute Gasteiger partial charge is 0.573 e. The SMILES string of the molecule is C[C@@H]1CCCC[C@H]1NC(=O)COC(=O)c1ccc(OC(F)(F)F)cc1. The number of esters is 1. The Bertz CT molecular complexity index is 601. The Morgan fingerprint density at radius 1 is 1.16 bits per heavy atom. The first-order chi connectivity index (χ1) is 11.7. The second kappa shape index (κ2) is 8.22. The molecule has 5 nitrogen and oxygen atoms in total. The molecule has 1 aliphatic rings. The van der Waals surface area contributed by atoms with Gasteiger partial charge in [-0.3, -0.25) is 4.79 Å². The summed E-state index contributed by atoms with van der Waals surface area (Å²) in [6, 6.07) is 4.38. The molecular formula is C17H20F3NO4. The number of amides is 1. The van der Waals surface area contributed by atoms with E-state index in [9.17, 15) is 22.8 Å². The van der Waals surface area contributed by atoms with Crippen LogP contribution in [-0.2, 0) is 9.53 Å². The standard InChI is InChI=1S/C17H20F3NO4/c1-11-4-2-3-5-14(11)21-15(22)10-24-16(23)12-6-8-13(9-7-12)25-17(18,19)20/h6-9,11,14H,2-5,10H2,1H3,(H,21,22)/t11-,14-/m1/s1. The van der Waals surface area contributed by atoms with Crippen LogP contribution in [0.5, 0.6) is 5.75 Å². The fourth-order valence-electron chi connectivity index (χ4n) is 2.79. The van der Waals surface area contributed by atoms with Gasteiger partial charge in [-0.2, -0.15) is 0 Å². The van der Waals surface area contributed by atoms with Crippen LogP contribution in [0, 0.1) is 5.92 Å². The molecule has 138 valence electrons. The molecule has 25 heavy (non-hydrogen) atoms. The maximum absolute atomic E-state index is 12.1. The summed E-state index contributed by atoms with van der Waals surface area (Å²) in [6.07, 6.45) is -0.632. The van der Waals surface area contributed by atoms with Gasteiger partial charge in [0.25, 0.3) is 5.91 Å². The van der Waals surface area contributed by atoms with Crippen molar-refractivity contribution in [2.45, 2.75) is 45.0 Å². The van der Waals surface area contributed by atoms with Gasteiger partial charge < -0.3 is 14.8 Å². The maximum atomic E-state index is 12.1. The number of nitrogens with one attached hydrogen (secondary N) is 1. The summed E-state index contributed by atoms with van der Waals surface area (Å²) in [5.41, 5.74) is 0.0355. The molecule has 2 atom stereocenters. The molecule has 1 aromatic rings. The molecular weight excluding hydrogens is 339 g/mol. The average molecular weight is 359 g/mol. The van der Waals surface area contributed by atoms with Crippen LogP contribution in [-0.4, -0.2) is 30.9 Å². The molecule has 1 amide bonds. The highest BCUT2D eigenvalue weighted by molar-refractivity contribution is 5.91. The van der Waals surface area contributed by atoms with Crippen LogP contribution in [0.3, 0.4) is 0 Å². The summed E-state index contributed by atoms with van der Waals surface area (Å²) >= 11 is 0. The molecule has 1 aliphatic carbocycles. The van der Waals surface area contributed by atoms with E-state index < -0.39 is 24.7 Å². The Kier molecular flexibility index (Phi) is 6.27. The third-order valence-electron chi connectivity index (χ3n) is 4.12. The number of ether oxygens (including phenoxy) is 2. The van der Waals surface area contributed by atoms with Gasteiger partial charge in [-0.1, -0.05) is 19.8 Å². The van der Waals surface area contributed by atoms with Gasteiger partial charge >= 0.3 is 12.3 Å². The third kappa shape index (κ3) is 6.28. The number of halogens is 3. The first kappa shape index (κ1) is 19.1. The predicted molar refractivity (Wildman–Crippen MR) is 83.0 cm³/mol. The number of hydrogen-bond acceptors (Lipinski definition) is 4. The van der Waals surface area contributed by atoms with Crippen molar-refractivity contribution < 1.29 is 32.2 Å². The van der Waals surface area contributed by atoms with Crippen molar-refractivity contribution in [2.75, 3.05) is 6.61 Å². The van der Waals surface area contributed by atoms with E-state index >= 15 is 0 Å². The fourth-order valence-corrected chi connectivity index (χ4v) is 2.79. The van der Waals surface area contributed by atoms with E-state index in [0.717, 1.165) is 49.9 Å². The van der Waals surface area contributed by atoms with Crippen LogP contribution >= 0.6 is 0 Å². The van der Waals surface area contributed by atoms with Gasteiger partial charge in [-0.15, -0.1) is 13.2 Å². The van der Waals surface area contributed by atoms with E-state index in [1.807, 2.05) is 0 Å². The van der Waals surface area contributed by atoms with E-state index in [4.69, 9.17) is 4.74 Å². The summed E-state index contributed by atoms with van der Waals surface area (Å²) in [7, 11) is 0. The van der Waals surface area contributed by atoms with Gasteiger partial charge in [0.1, 0.15) is 5.75 Å². The van der Waals surface area contributed by atoms with Crippen molar-refractivity contribution >= 4 is 11.9 Å². The normalized spacial score (nSPS) is 20.6. The summed E-state index contributed by atoms with van der Waals surface area (Å²) in [6.45, 7) is 1.64. The van der Waals surface area contributed by atoms with Gasteiger partial charge in [-0.25, -0.2) is 4.79 Å². The summed E-state index contributed by atoms with van der Waals surface area (Å²) < 4.78 is 44.8. The molecule has 1 N–H and O–H groups in total. The van der Waals surface area contributed by atoms with Crippen molar-refractivity contribution in [3.05, 3.63) is 29.8 Å². The molecule has 0 heterocycles. The van der Waals surface area contributed by atoms with E-state index in [2.05, 4.69) is 17.0 Å². The molecule has 0 aromatic heterocycles. The number of alkyl halides is 3. The minimum Gasteiger partial charge on any atom is -0.452 e. The Hall–Kier alpha value is -2.25. The van der Waals surface area contributed by atoms with Gasteiger partial charge in [-0.05, 0) is 43.0 Å². The minimum absolute atomic E-state index is 0.0355. The smallest absolute Gasteiger partial charge is 0.452 e. The van der Waals surface area contributed by atoms with Crippen LogP contribution in [0.15, 0.2) is 24.3 Å². The van der Waals surface area contributed by atoms with Crippen LogP contribution in [0.2, 0.25) is 0 Å². The molecule has 1 fully saturated rings. The molecule has 0 radical (unpaired) electrons. The highest BCUT2D eigenvalue weighted by Gasteiger charge is 2.31. The lowest BCUT2D eigenvalue weighted by Crippen LogP contribution is -2.42. The Labute approximate surface area is 143 Å². The first-order valence-electron chi connectivity index (χ1n) is 8.07. The lowest BCUT2D eigenvalue weighted by molar-refractivity contribution is -0.274. The molecule has 1 aromatic carbocycles. The van der Waals surface area contributed by atoms with Gasteiger partial charge in [0, 0.05) is 6.04 Å². The first-order valence-corrected chi connectivity index (χ1v) is 8.07. The van der Waals surface area contributed by atoms with Gasteiger partial charge in [0.05, 0.1) is 5.56 Å². The molecule has 1 saturated carbocycles. The quantitative estimate of drug-likeness (QED) is 0.818. The van der Waals surface area contributed by atoms with Crippen LogP contribution in [0.4, 0.5) is 13.2 Å². The maximum Gasteiger partial charge on any atom is 0.573 e. The highest BCUT2D eigenvalue weighted by Crippen LogP contribution is 2.24. The summed E-state index contributed by atoms with van der Waals surface area (Å²) in [5.74, 6) is -1.22. The summed E-state index contributed by atoms with van der Waals surface area (Å²) in [5, 5.41) is 2.85. The zero-order valence-electron chi connectivity index (χ0n) is 13.8. The highest BCUT2D eigenvalue weighted by atomic mass is 19.4. The molecule has 0 bridgehead atoms. The van der Waals surface area contributed by atoms with Crippen LogP contribution in [0.1, 0.15) is 43.0 Å². The number of benzene rings is 1. The molecule has 0 unspecified atom stereocenters. The predicted octanol–water partition coefficient (Wildman–Crippen LogP) is 3.44. The fraction of sp³-hybridized carbons (Fsp3) is 0.529. The minimum atomic E-state index is -4.80. The van der Waals surface area contributed by atoms with Crippen molar-refractivity contribution in [2.24, 2.45) is 5.92 Å². The van der Waals surface area contributed by atoms with E-state index in [1.165, 1.54) is 0 Å². The lowest BCUT2D eigenvalue weighted by Gasteiger charge is -2.29. The number of carbonyl (C=O) groups is 2. The second-order valence-corrected chi connectivity index (χ2v) is 6.08. The van der Waals surface area contributed by atoms with Crippen molar-refractivity contribution in [1.29, 1.82) is 0 Å². The third-order valence-corrected chi connectivity index (χ3v) is 4.12. The number of hydrogen-bond donors (Lipinski definition) is 1. The van der Waals surface area contributed by atoms with E-state index in [0.29, 0.717) is 5.92 Å². The Morgan fingerprint density at radius 3 is 2.40 bits per heavy atom. The second-order valence-electron chi connectivity index (χ2n) is 6.08. The molecule has 0 saturated heterocycles. The molecule has 2 rings (SSSR count). The van der Waals surface area contributed by atoms with Crippen LogP contribution in [0.25, 0.3) is 0 Å². The number of carbonyl (C=O) groups excluding carboxylic acids is 2. The zero-order valence-corrected chi connectivity index (χ0v) is 13.8. The topological polar surface area (TPSA) is 64.6 Å². The molecule has 0 aliphatic heterocycles. The van der Waals surface area contributed by atoms with E-state index in [1.54, 1.807) is 0 Å². The van der Waals surface area contributed by atoms with Gasteiger partial charge in [0.15, 0.2) is 6.61 Å². The van der Waals surface area contributed by atoms with Crippen molar-refractivity contribution in [3.8, 4) is 5.75 Å². The van der Waals surface area contributed by atoms with Gasteiger partial charge in [0.2, 0.25) is 0 Å². The van der Waals surface area contributed by atoms with Crippen molar-refractivity contribution in [1.82, 2.24) is 5.32 Å². The lowest BCUT2D eigenvalue weighted by atomic mass is 9.86. The monoisotopic (exact) mass is 359 g/mol. The van der Waals surface area contributed by atoms with E-state index in [-0.39, 0.29) is 17.5 Å². The Balaban J connectivity index is 1.80.